The molecule has 1 aromatic carbocycles. The zero-order chi connectivity index (χ0) is 10.0. The summed E-state index contributed by atoms with van der Waals surface area (Å²) in [5, 5.41) is 36.7. The van der Waals surface area contributed by atoms with E-state index in [0.717, 1.165) is 12.1 Å². The van der Waals surface area contributed by atoms with Crippen molar-refractivity contribution in [2.75, 3.05) is 0 Å². The summed E-state index contributed by atoms with van der Waals surface area (Å²) in [5.41, 5.74) is -1.07. The molecule has 1 aromatic rings. The predicted molar refractivity (Wildman–Crippen MR) is 41.1 cm³/mol. The normalized spacial score (nSPS) is 9.15. The fourth-order valence-corrected chi connectivity index (χ4v) is 0.844. The molecule has 6 heteroatoms. The van der Waals surface area contributed by atoms with Gasteiger partial charge in [0.2, 0.25) is 5.75 Å². The van der Waals surface area contributed by atoms with Gasteiger partial charge in [0.05, 0.1) is 4.92 Å². The number of phenols is 2. The van der Waals surface area contributed by atoms with Crippen molar-refractivity contribution >= 4 is 5.69 Å². The van der Waals surface area contributed by atoms with Crippen molar-refractivity contribution < 1.29 is 15.1 Å². The van der Waals surface area contributed by atoms with E-state index in [-0.39, 0.29) is 5.56 Å². The number of rotatable bonds is 1. The van der Waals surface area contributed by atoms with Crippen LogP contribution in [0.1, 0.15) is 5.56 Å². The molecule has 0 aliphatic rings. The van der Waals surface area contributed by atoms with Crippen LogP contribution in [0.2, 0.25) is 0 Å². The lowest BCUT2D eigenvalue weighted by Crippen LogP contribution is -1.92. The number of hydrogen-bond donors (Lipinski definition) is 2. The standard InChI is InChI=1S/C7H4N2O4/c8-3-4-1-2-5(10)7(11)6(4)9(12)13/h1-2,10-11H. The molecular formula is C7H4N2O4. The van der Waals surface area contributed by atoms with Gasteiger partial charge in [0, 0.05) is 0 Å². The van der Waals surface area contributed by atoms with Gasteiger partial charge >= 0.3 is 5.69 Å². The minimum atomic E-state index is -0.923. The monoisotopic (exact) mass is 180 g/mol. The Morgan fingerprint density at radius 1 is 1.46 bits per heavy atom. The third-order valence-electron chi connectivity index (χ3n) is 1.43. The van der Waals surface area contributed by atoms with Gasteiger partial charge in [-0.2, -0.15) is 5.26 Å². The SMILES string of the molecule is N#Cc1ccc(O)c(O)c1[N+](=O)[O-]. The molecule has 0 saturated carbocycles. The fourth-order valence-electron chi connectivity index (χ4n) is 0.844. The summed E-state index contributed by atoms with van der Waals surface area (Å²) in [7, 11) is 0. The van der Waals surface area contributed by atoms with Crippen molar-refractivity contribution in [3.05, 3.63) is 27.8 Å². The Bertz CT molecular complexity index is 408. The summed E-state index contributed by atoms with van der Waals surface area (Å²) in [6.45, 7) is 0. The van der Waals surface area contributed by atoms with Crippen LogP contribution in [-0.2, 0) is 0 Å². The molecule has 0 aromatic heterocycles. The van der Waals surface area contributed by atoms with E-state index in [9.17, 15) is 10.1 Å². The van der Waals surface area contributed by atoms with Crippen LogP contribution < -0.4 is 0 Å². The lowest BCUT2D eigenvalue weighted by atomic mass is 10.1. The summed E-state index contributed by atoms with van der Waals surface area (Å²) in [6, 6.07) is 3.61. The molecule has 0 aliphatic heterocycles. The second kappa shape index (κ2) is 2.98. The van der Waals surface area contributed by atoms with Crippen molar-refractivity contribution in [2.24, 2.45) is 0 Å². The highest BCUT2D eigenvalue weighted by atomic mass is 16.6. The molecule has 0 aliphatic carbocycles. The Kier molecular flexibility index (Phi) is 2.02. The third kappa shape index (κ3) is 1.35. The Morgan fingerprint density at radius 3 is 2.54 bits per heavy atom. The predicted octanol–water partition coefficient (Wildman–Crippen LogP) is 0.878. The summed E-state index contributed by atoms with van der Waals surface area (Å²) in [6.07, 6.45) is 0. The largest absolute Gasteiger partial charge is 0.504 e. The van der Waals surface area contributed by atoms with E-state index in [0.29, 0.717) is 0 Å². The number of aromatic hydroxyl groups is 2. The smallest absolute Gasteiger partial charge is 0.332 e. The first-order valence-electron chi connectivity index (χ1n) is 3.17. The van der Waals surface area contributed by atoms with Crippen LogP contribution in [0.3, 0.4) is 0 Å². The highest BCUT2D eigenvalue weighted by Crippen LogP contribution is 2.36. The number of benzene rings is 1. The van der Waals surface area contributed by atoms with Crippen molar-refractivity contribution in [1.82, 2.24) is 0 Å². The third-order valence-corrected chi connectivity index (χ3v) is 1.43. The Hall–Kier alpha value is -2.29. The first kappa shape index (κ1) is 8.80. The van der Waals surface area contributed by atoms with Crippen LogP contribution in [0.25, 0.3) is 0 Å². The number of nitro benzene ring substituents is 1. The van der Waals surface area contributed by atoms with E-state index in [1.54, 1.807) is 0 Å². The van der Waals surface area contributed by atoms with Crippen molar-refractivity contribution in [2.45, 2.75) is 0 Å². The molecule has 2 N–H and O–H groups in total. The van der Waals surface area contributed by atoms with E-state index >= 15 is 0 Å². The number of nitrogens with zero attached hydrogens (tertiary/aromatic N) is 2. The van der Waals surface area contributed by atoms with E-state index < -0.39 is 22.1 Å². The van der Waals surface area contributed by atoms with Gasteiger partial charge in [-0.3, -0.25) is 10.1 Å². The van der Waals surface area contributed by atoms with Crippen LogP contribution in [-0.4, -0.2) is 15.1 Å². The minimum absolute atomic E-state index is 0.291. The number of nitro groups is 1. The molecule has 0 amide bonds. The Balaban J connectivity index is 3.53. The molecule has 0 saturated heterocycles. The molecule has 0 radical (unpaired) electrons. The van der Waals surface area contributed by atoms with Crippen LogP contribution in [0.5, 0.6) is 11.5 Å². The molecule has 0 atom stereocenters. The second-order valence-electron chi connectivity index (χ2n) is 2.20. The lowest BCUT2D eigenvalue weighted by Gasteiger charge is -1.99. The van der Waals surface area contributed by atoms with E-state index in [1.807, 2.05) is 0 Å². The van der Waals surface area contributed by atoms with E-state index in [2.05, 4.69) is 0 Å². The van der Waals surface area contributed by atoms with E-state index in [1.165, 1.54) is 6.07 Å². The maximum Gasteiger partial charge on any atom is 0.332 e. The average Bonchev–Trinajstić information content (AvgIpc) is 2.08. The number of nitriles is 1. The number of phenolic OH excluding ortho intramolecular Hbond substituents is 2. The highest BCUT2D eigenvalue weighted by Gasteiger charge is 2.22. The lowest BCUT2D eigenvalue weighted by molar-refractivity contribution is -0.386. The first-order chi connectivity index (χ1) is 6.07. The molecule has 0 unspecified atom stereocenters. The minimum Gasteiger partial charge on any atom is -0.504 e. The summed E-state index contributed by atoms with van der Waals surface area (Å²) in [5.74, 6) is -1.50. The van der Waals surface area contributed by atoms with Crippen molar-refractivity contribution in [1.29, 1.82) is 5.26 Å². The maximum atomic E-state index is 10.3. The van der Waals surface area contributed by atoms with Crippen LogP contribution >= 0.6 is 0 Å². The number of hydrogen-bond acceptors (Lipinski definition) is 5. The molecular weight excluding hydrogens is 176 g/mol. The molecule has 1 rings (SSSR count). The van der Waals surface area contributed by atoms with Gasteiger partial charge in [0.25, 0.3) is 0 Å². The molecule has 6 nitrogen and oxygen atoms in total. The van der Waals surface area contributed by atoms with Gasteiger partial charge < -0.3 is 10.2 Å². The molecule has 0 spiro atoms. The van der Waals surface area contributed by atoms with Gasteiger partial charge in [-0.1, -0.05) is 0 Å². The van der Waals surface area contributed by atoms with Crippen LogP contribution in [0.4, 0.5) is 5.69 Å². The van der Waals surface area contributed by atoms with Gasteiger partial charge in [-0.15, -0.1) is 0 Å². The van der Waals surface area contributed by atoms with Gasteiger partial charge in [-0.25, -0.2) is 0 Å². The molecule has 0 heterocycles. The topological polar surface area (TPSA) is 107 Å². The molecule has 0 fully saturated rings. The van der Waals surface area contributed by atoms with Gasteiger partial charge in [-0.05, 0) is 12.1 Å². The maximum absolute atomic E-state index is 10.3. The van der Waals surface area contributed by atoms with Gasteiger partial charge in [0.15, 0.2) is 5.75 Å². The quantitative estimate of drug-likeness (QED) is 0.379. The Labute approximate surface area is 72.4 Å². The van der Waals surface area contributed by atoms with Gasteiger partial charge in [0.1, 0.15) is 11.6 Å². The zero-order valence-electron chi connectivity index (χ0n) is 6.26. The highest BCUT2D eigenvalue weighted by molar-refractivity contribution is 5.62. The zero-order valence-corrected chi connectivity index (χ0v) is 6.26. The van der Waals surface area contributed by atoms with Crippen LogP contribution in [0.15, 0.2) is 12.1 Å². The Morgan fingerprint density at radius 2 is 2.08 bits per heavy atom. The van der Waals surface area contributed by atoms with Crippen LogP contribution in [0, 0.1) is 21.4 Å². The summed E-state index contributed by atoms with van der Waals surface area (Å²) >= 11 is 0. The first-order valence-corrected chi connectivity index (χ1v) is 3.17. The average molecular weight is 180 g/mol. The fraction of sp³-hybridized carbons (Fsp3) is 0. The molecule has 66 valence electrons. The van der Waals surface area contributed by atoms with Crippen molar-refractivity contribution in [3.63, 3.8) is 0 Å². The molecule has 0 bridgehead atoms. The van der Waals surface area contributed by atoms with Crippen molar-refractivity contribution in [3.8, 4) is 17.6 Å². The van der Waals surface area contributed by atoms with E-state index in [4.69, 9.17) is 15.5 Å². The second-order valence-corrected chi connectivity index (χ2v) is 2.20. The molecule has 13 heavy (non-hydrogen) atoms. The summed E-state index contributed by atoms with van der Waals surface area (Å²) in [4.78, 5) is 9.41. The summed E-state index contributed by atoms with van der Waals surface area (Å²) < 4.78 is 0.